The van der Waals surface area contributed by atoms with Crippen molar-refractivity contribution in [3.05, 3.63) is 39.7 Å². The van der Waals surface area contributed by atoms with Crippen LogP contribution in [0.2, 0.25) is 0 Å². The van der Waals surface area contributed by atoms with E-state index >= 15 is 0 Å². The zero-order valence-corrected chi connectivity index (χ0v) is 7.98. The monoisotopic (exact) mass is 204 g/mol. The van der Waals surface area contributed by atoms with E-state index in [9.17, 15) is 14.7 Å². The van der Waals surface area contributed by atoms with Gasteiger partial charge in [-0.2, -0.15) is 0 Å². The van der Waals surface area contributed by atoms with Crippen LogP contribution in [0.5, 0.6) is 5.75 Å². The molecule has 0 saturated carbocycles. The summed E-state index contributed by atoms with van der Waals surface area (Å²) in [6.45, 7) is 1.69. The summed E-state index contributed by atoms with van der Waals surface area (Å²) >= 11 is 0. The van der Waals surface area contributed by atoms with Crippen molar-refractivity contribution in [1.29, 1.82) is 0 Å². The van der Waals surface area contributed by atoms with Crippen LogP contribution in [0.25, 0.3) is 11.0 Å². The Bertz CT molecular complexity index is 595. The fourth-order valence-electron chi connectivity index (χ4n) is 1.59. The fraction of sp³-hybridized carbons (Fsp3) is 0.0909. The zero-order valence-electron chi connectivity index (χ0n) is 7.98. The molecule has 15 heavy (non-hydrogen) atoms. The third kappa shape index (κ3) is 1.40. The zero-order chi connectivity index (χ0) is 11.0. The molecular weight excluding hydrogens is 196 g/mol. The molecule has 0 atom stereocenters. The molecule has 0 spiro atoms. The number of hydrogen-bond donors (Lipinski definition) is 1. The molecule has 1 N–H and O–H groups in total. The molecule has 1 aromatic carbocycles. The van der Waals surface area contributed by atoms with E-state index in [2.05, 4.69) is 0 Å². The van der Waals surface area contributed by atoms with Gasteiger partial charge in [-0.15, -0.1) is 0 Å². The Kier molecular flexibility index (Phi) is 2.04. The highest BCUT2D eigenvalue weighted by Gasteiger charge is 2.10. The number of carbonyl (C=O) groups excluding carboxylic acids is 1. The largest absolute Gasteiger partial charge is 0.507 e. The summed E-state index contributed by atoms with van der Waals surface area (Å²) in [5, 5.41) is 9.93. The summed E-state index contributed by atoms with van der Waals surface area (Å²) in [4.78, 5) is 21.9. The van der Waals surface area contributed by atoms with Gasteiger partial charge in [0, 0.05) is 11.5 Å². The van der Waals surface area contributed by atoms with Crippen LogP contribution in [-0.4, -0.2) is 11.4 Å². The Labute approximate surface area is 84.8 Å². The third-order valence-electron chi connectivity index (χ3n) is 2.24. The first kappa shape index (κ1) is 9.45. The van der Waals surface area contributed by atoms with E-state index in [-0.39, 0.29) is 11.3 Å². The van der Waals surface area contributed by atoms with Crippen molar-refractivity contribution in [3.63, 3.8) is 0 Å². The van der Waals surface area contributed by atoms with Gasteiger partial charge in [0.2, 0.25) is 0 Å². The van der Waals surface area contributed by atoms with Crippen LogP contribution in [0.3, 0.4) is 0 Å². The molecule has 1 aromatic heterocycles. The molecule has 4 heteroatoms. The summed E-state index contributed by atoms with van der Waals surface area (Å²) in [5.41, 5.74) is 0.593. The average Bonchev–Trinajstić information content (AvgIpc) is 2.18. The Balaban J connectivity index is 3.04. The highest BCUT2D eigenvalue weighted by Crippen LogP contribution is 2.26. The summed E-state index contributed by atoms with van der Waals surface area (Å²) in [5.74, 6) is -0.116. The maximum absolute atomic E-state index is 11.1. The smallest absolute Gasteiger partial charge is 0.336 e. The van der Waals surface area contributed by atoms with Crippen molar-refractivity contribution in [1.82, 2.24) is 0 Å². The molecule has 0 aliphatic carbocycles. The van der Waals surface area contributed by atoms with Crippen molar-refractivity contribution in [3.8, 4) is 5.75 Å². The summed E-state index contributed by atoms with van der Waals surface area (Å²) in [6.07, 6.45) is 0.546. The SMILES string of the molecule is Cc1cc(=O)oc2ccc(O)c(C=O)c12. The first-order valence-corrected chi connectivity index (χ1v) is 4.35. The Morgan fingerprint density at radius 2 is 2.13 bits per heavy atom. The average molecular weight is 204 g/mol. The molecule has 0 aliphatic rings. The van der Waals surface area contributed by atoms with Crippen molar-refractivity contribution in [2.45, 2.75) is 6.92 Å². The Hall–Kier alpha value is -2.10. The van der Waals surface area contributed by atoms with Crippen LogP contribution in [0.1, 0.15) is 15.9 Å². The van der Waals surface area contributed by atoms with E-state index in [0.29, 0.717) is 22.8 Å². The van der Waals surface area contributed by atoms with Gasteiger partial charge in [-0.3, -0.25) is 4.79 Å². The lowest BCUT2D eigenvalue weighted by Gasteiger charge is -2.04. The lowest BCUT2D eigenvalue weighted by atomic mass is 10.1. The molecule has 0 fully saturated rings. The Morgan fingerprint density at radius 3 is 2.80 bits per heavy atom. The van der Waals surface area contributed by atoms with E-state index in [0.717, 1.165) is 0 Å². The third-order valence-corrected chi connectivity index (χ3v) is 2.24. The maximum Gasteiger partial charge on any atom is 0.336 e. The molecule has 2 rings (SSSR count). The fourth-order valence-corrected chi connectivity index (χ4v) is 1.59. The predicted molar refractivity (Wildman–Crippen MR) is 54.3 cm³/mol. The van der Waals surface area contributed by atoms with Crippen molar-refractivity contribution in [2.24, 2.45) is 0 Å². The second-order valence-corrected chi connectivity index (χ2v) is 3.24. The van der Waals surface area contributed by atoms with E-state index < -0.39 is 5.63 Å². The molecular formula is C11H8O4. The molecule has 1 heterocycles. The minimum atomic E-state index is -0.470. The molecule has 0 saturated heterocycles. The van der Waals surface area contributed by atoms with E-state index in [1.807, 2.05) is 0 Å². The van der Waals surface area contributed by atoms with Crippen molar-refractivity contribution < 1.29 is 14.3 Å². The van der Waals surface area contributed by atoms with Gasteiger partial charge in [-0.05, 0) is 24.6 Å². The number of carbonyl (C=O) groups is 1. The van der Waals surface area contributed by atoms with Crippen molar-refractivity contribution >= 4 is 17.3 Å². The van der Waals surface area contributed by atoms with Gasteiger partial charge in [0.15, 0.2) is 6.29 Å². The first-order valence-electron chi connectivity index (χ1n) is 4.35. The van der Waals surface area contributed by atoms with Gasteiger partial charge < -0.3 is 9.52 Å². The quantitative estimate of drug-likeness (QED) is 0.566. The number of phenolic OH excluding ortho intramolecular Hbond substituents is 1. The predicted octanol–water partition coefficient (Wildman–Crippen LogP) is 1.62. The molecule has 0 amide bonds. The standard InChI is InChI=1S/C11H8O4/c1-6-4-10(14)15-9-3-2-8(13)7(5-12)11(6)9/h2-5,13H,1H3. The van der Waals surface area contributed by atoms with Crippen LogP contribution >= 0.6 is 0 Å². The number of benzene rings is 1. The van der Waals surface area contributed by atoms with Crippen LogP contribution in [-0.2, 0) is 0 Å². The number of phenols is 1. The van der Waals surface area contributed by atoms with Gasteiger partial charge in [-0.1, -0.05) is 0 Å². The van der Waals surface area contributed by atoms with E-state index in [1.54, 1.807) is 6.92 Å². The van der Waals surface area contributed by atoms with Crippen LogP contribution in [0.4, 0.5) is 0 Å². The summed E-state index contributed by atoms with van der Waals surface area (Å²) < 4.78 is 4.91. The minimum absolute atomic E-state index is 0.116. The molecule has 0 unspecified atom stereocenters. The summed E-state index contributed by atoms with van der Waals surface area (Å²) in [7, 11) is 0. The molecule has 0 aliphatic heterocycles. The van der Waals surface area contributed by atoms with Crippen LogP contribution in [0, 0.1) is 6.92 Å². The number of aldehydes is 1. The first-order chi connectivity index (χ1) is 7.13. The normalized spacial score (nSPS) is 10.5. The highest BCUT2D eigenvalue weighted by atomic mass is 16.4. The van der Waals surface area contributed by atoms with Gasteiger partial charge in [0.25, 0.3) is 0 Å². The molecule has 2 aromatic rings. The van der Waals surface area contributed by atoms with E-state index in [4.69, 9.17) is 4.42 Å². The van der Waals surface area contributed by atoms with Gasteiger partial charge in [0.05, 0.1) is 5.56 Å². The lowest BCUT2D eigenvalue weighted by Crippen LogP contribution is -1.99. The molecule has 4 nitrogen and oxygen atoms in total. The molecule has 76 valence electrons. The number of aromatic hydroxyl groups is 1. The minimum Gasteiger partial charge on any atom is -0.507 e. The van der Waals surface area contributed by atoms with Gasteiger partial charge in [0.1, 0.15) is 11.3 Å². The Morgan fingerprint density at radius 1 is 1.40 bits per heavy atom. The number of aryl methyl sites for hydroxylation is 1. The lowest BCUT2D eigenvalue weighted by molar-refractivity contribution is 0.112. The number of rotatable bonds is 1. The molecule has 0 radical (unpaired) electrons. The van der Waals surface area contributed by atoms with Gasteiger partial charge >= 0.3 is 5.63 Å². The van der Waals surface area contributed by atoms with Crippen LogP contribution < -0.4 is 5.63 Å². The van der Waals surface area contributed by atoms with Crippen LogP contribution in [0.15, 0.2) is 27.4 Å². The summed E-state index contributed by atoms with van der Waals surface area (Å²) in [6, 6.07) is 4.08. The van der Waals surface area contributed by atoms with Crippen molar-refractivity contribution in [2.75, 3.05) is 0 Å². The van der Waals surface area contributed by atoms with E-state index in [1.165, 1.54) is 18.2 Å². The molecule has 0 bridgehead atoms. The second kappa shape index (κ2) is 3.24. The maximum atomic E-state index is 11.1. The highest BCUT2D eigenvalue weighted by molar-refractivity contribution is 6.00. The van der Waals surface area contributed by atoms with Gasteiger partial charge in [-0.25, -0.2) is 4.79 Å². The topological polar surface area (TPSA) is 67.5 Å². The second-order valence-electron chi connectivity index (χ2n) is 3.24. The number of fused-ring (bicyclic) bond motifs is 1. The number of hydrogen-bond acceptors (Lipinski definition) is 4.